The Bertz CT molecular complexity index is 1480. The molecule has 2 aliphatic carbocycles. The highest BCUT2D eigenvalue weighted by Gasteiger charge is 2.63. The van der Waals surface area contributed by atoms with Crippen molar-refractivity contribution in [3.8, 4) is 17.2 Å². The lowest BCUT2D eigenvalue weighted by Crippen LogP contribution is -2.70. The van der Waals surface area contributed by atoms with Gasteiger partial charge in [0.25, 0.3) is 11.8 Å². The van der Waals surface area contributed by atoms with Gasteiger partial charge in [0, 0.05) is 46.1 Å². The maximum Gasteiger partial charge on any atom is 0.264 e. The Kier molecular flexibility index (Phi) is 7.19. The summed E-state index contributed by atoms with van der Waals surface area (Å²) in [6, 6.07) is 7.61. The molecule has 7 rings (SSSR count). The lowest BCUT2D eigenvalue weighted by Gasteiger charge is -2.54. The van der Waals surface area contributed by atoms with Gasteiger partial charge in [-0.25, -0.2) is 8.78 Å². The van der Waals surface area contributed by atoms with Crippen LogP contribution in [0.4, 0.5) is 8.78 Å². The molecule has 3 aliphatic heterocycles. The highest BCUT2D eigenvalue weighted by molar-refractivity contribution is 6.31. The molecule has 42 heavy (non-hydrogen) atoms. The number of hydrogen-bond acceptors (Lipinski definition) is 5. The van der Waals surface area contributed by atoms with E-state index in [1.807, 2.05) is 6.07 Å². The molecule has 5 atom stereocenters. The Balaban J connectivity index is 1.38. The molecule has 12 heteroatoms. The van der Waals surface area contributed by atoms with Gasteiger partial charge in [-0.15, -0.1) is 0 Å². The van der Waals surface area contributed by atoms with E-state index in [0.29, 0.717) is 24.1 Å². The number of halogens is 4. The Morgan fingerprint density at radius 1 is 1.12 bits per heavy atom. The highest BCUT2D eigenvalue weighted by Crippen LogP contribution is 2.54. The minimum Gasteiger partial charge on any atom is -0.372 e. The van der Waals surface area contributed by atoms with Crippen molar-refractivity contribution in [2.45, 2.75) is 68.2 Å². The molecule has 220 valence electrons. The van der Waals surface area contributed by atoms with Crippen LogP contribution in [0.5, 0.6) is 0 Å². The second-order valence-electron chi connectivity index (χ2n) is 11.6. The van der Waals surface area contributed by atoms with E-state index < -0.39 is 59.7 Å². The quantitative estimate of drug-likeness (QED) is 0.466. The van der Waals surface area contributed by atoms with Gasteiger partial charge in [0.1, 0.15) is 12.1 Å². The third kappa shape index (κ3) is 4.53. The Morgan fingerprint density at radius 2 is 1.76 bits per heavy atom. The van der Waals surface area contributed by atoms with Crippen molar-refractivity contribution in [1.29, 1.82) is 5.26 Å². The van der Waals surface area contributed by atoms with Crippen LogP contribution < -0.4 is 10.6 Å². The van der Waals surface area contributed by atoms with Crippen LogP contribution in [-0.4, -0.2) is 58.3 Å². The zero-order valence-electron chi connectivity index (χ0n) is 22.4. The summed E-state index contributed by atoms with van der Waals surface area (Å²) in [6.07, 6.45) is 0.831. The van der Waals surface area contributed by atoms with Crippen molar-refractivity contribution < 1.29 is 28.3 Å². The monoisotopic (exact) mass is 616 g/mol. The standard InChI is InChI=1S/C30H28Cl2F2N4O4/c31-16-3-6-20-21-7-4-17(32)12-24(21)30(42,23(20)11-16)28(41)38-19-5-8-22(29(33,34)13-19)25(38)27(40)37-18(14-35)10-15-2-1-9-36-26(15)39/h3-4,6-7,11-12,15,18-19,22,25,42H,1-2,5,8-10,13H2,(H,36,39)(H,37,40)/t15-,18-,19+,22+,25+/m1/s1. The third-order valence-corrected chi connectivity index (χ3v) is 9.64. The van der Waals surface area contributed by atoms with Crippen molar-refractivity contribution >= 4 is 40.9 Å². The molecule has 8 nitrogen and oxygen atoms in total. The third-order valence-electron chi connectivity index (χ3n) is 9.17. The number of piperidine rings is 3. The average Bonchev–Trinajstić information content (AvgIpc) is 3.20. The summed E-state index contributed by atoms with van der Waals surface area (Å²) in [4.78, 5) is 41.7. The summed E-state index contributed by atoms with van der Waals surface area (Å²) in [6.45, 7) is 0.530. The van der Waals surface area contributed by atoms with Crippen LogP contribution in [-0.2, 0) is 20.0 Å². The molecule has 3 N–H and O–H groups in total. The van der Waals surface area contributed by atoms with Crippen LogP contribution in [0.25, 0.3) is 11.1 Å². The SMILES string of the molecule is N#C[C@@H](C[C@H]1CCCNC1=O)NC(=O)[C@@H]1[C@@H]2CC[C@@H](CC2(F)F)N1C(=O)C1(O)c2cc(Cl)ccc2-c2ccc(Cl)cc21. The van der Waals surface area contributed by atoms with Gasteiger partial charge in [-0.05, 0) is 67.5 Å². The van der Waals surface area contributed by atoms with E-state index in [4.69, 9.17) is 23.2 Å². The zero-order chi connectivity index (χ0) is 30.0. The van der Waals surface area contributed by atoms with Crippen molar-refractivity contribution in [2.75, 3.05) is 6.54 Å². The number of carbonyl (C=O) groups excluding carboxylic acids is 3. The number of aliphatic hydroxyl groups is 1. The number of hydrogen-bond donors (Lipinski definition) is 3. The van der Waals surface area contributed by atoms with Crippen molar-refractivity contribution in [1.82, 2.24) is 15.5 Å². The van der Waals surface area contributed by atoms with E-state index in [2.05, 4.69) is 10.6 Å². The maximum atomic E-state index is 15.3. The van der Waals surface area contributed by atoms with Crippen LogP contribution in [0, 0.1) is 23.2 Å². The van der Waals surface area contributed by atoms with E-state index in [-0.39, 0.29) is 46.3 Å². The van der Waals surface area contributed by atoms with Crippen LogP contribution in [0.3, 0.4) is 0 Å². The highest BCUT2D eigenvalue weighted by atomic mass is 35.5. The number of rotatable bonds is 5. The van der Waals surface area contributed by atoms with E-state index in [0.717, 1.165) is 11.3 Å². The molecule has 5 aliphatic rings. The van der Waals surface area contributed by atoms with Crippen LogP contribution >= 0.6 is 23.2 Å². The molecule has 0 unspecified atom stereocenters. The van der Waals surface area contributed by atoms with E-state index in [9.17, 15) is 24.8 Å². The van der Waals surface area contributed by atoms with Gasteiger partial charge in [-0.2, -0.15) is 5.26 Å². The molecule has 4 fully saturated rings. The number of fused-ring (bicyclic) bond motifs is 6. The molecule has 2 bridgehead atoms. The first kappa shape index (κ1) is 28.8. The molecule has 1 saturated carbocycles. The fourth-order valence-electron chi connectivity index (χ4n) is 7.21. The second kappa shape index (κ2) is 10.5. The zero-order valence-corrected chi connectivity index (χ0v) is 23.9. The summed E-state index contributed by atoms with van der Waals surface area (Å²) in [5.74, 6) is -7.35. The summed E-state index contributed by atoms with van der Waals surface area (Å²) in [5.41, 5.74) is -0.942. The fraction of sp³-hybridized carbons (Fsp3) is 0.467. The van der Waals surface area contributed by atoms with Crippen molar-refractivity contribution in [3.05, 3.63) is 57.6 Å². The van der Waals surface area contributed by atoms with Gasteiger partial charge in [0.15, 0.2) is 5.60 Å². The first-order valence-electron chi connectivity index (χ1n) is 14.0. The summed E-state index contributed by atoms with van der Waals surface area (Å²) in [7, 11) is 0. The maximum absolute atomic E-state index is 15.3. The summed E-state index contributed by atoms with van der Waals surface area (Å²) >= 11 is 12.5. The minimum absolute atomic E-state index is 0.00889. The predicted octanol–water partition coefficient (Wildman–Crippen LogP) is 4.15. The summed E-state index contributed by atoms with van der Waals surface area (Å²) in [5, 5.41) is 27.8. The number of nitrogens with one attached hydrogen (secondary N) is 2. The normalized spacial score (nSPS) is 27.3. The number of amides is 3. The van der Waals surface area contributed by atoms with Crippen LogP contribution in [0.1, 0.15) is 49.7 Å². The largest absolute Gasteiger partial charge is 0.372 e. The molecular weight excluding hydrogens is 589 g/mol. The second-order valence-corrected chi connectivity index (χ2v) is 12.5. The molecule has 0 aromatic heterocycles. The van der Waals surface area contributed by atoms with Gasteiger partial charge in [0.2, 0.25) is 11.8 Å². The van der Waals surface area contributed by atoms with Gasteiger partial charge in [-0.1, -0.05) is 35.3 Å². The van der Waals surface area contributed by atoms with E-state index in [1.54, 1.807) is 24.3 Å². The predicted molar refractivity (Wildman–Crippen MR) is 150 cm³/mol. The molecule has 2 aromatic carbocycles. The molecule has 2 aromatic rings. The minimum atomic E-state index is -3.24. The van der Waals surface area contributed by atoms with Gasteiger partial charge in [0.05, 0.1) is 12.0 Å². The fourth-order valence-corrected chi connectivity index (χ4v) is 7.55. The smallest absolute Gasteiger partial charge is 0.264 e. The molecule has 0 spiro atoms. The van der Waals surface area contributed by atoms with Crippen molar-refractivity contribution in [2.24, 2.45) is 11.8 Å². The Hall–Kier alpha value is -3.26. The number of benzene rings is 2. The molecule has 3 heterocycles. The van der Waals surface area contributed by atoms with E-state index in [1.165, 1.54) is 12.1 Å². The number of nitrogens with zero attached hydrogens (tertiary/aromatic N) is 2. The summed E-state index contributed by atoms with van der Waals surface area (Å²) < 4.78 is 30.6. The molecule has 3 saturated heterocycles. The Labute approximate surface area is 251 Å². The van der Waals surface area contributed by atoms with E-state index >= 15 is 8.78 Å². The average molecular weight is 617 g/mol. The first-order valence-corrected chi connectivity index (χ1v) is 14.7. The van der Waals surface area contributed by atoms with Gasteiger partial charge in [-0.3, -0.25) is 14.4 Å². The van der Waals surface area contributed by atoms with Crippen LogP contribution in [0.15, 0.2) is 36.4 Å². The molecule has 3 amide bonds. The number of alkyl halides is 2. The van der Waals surface area contributed by atoms with Crippen LogP contribution in [0.2, 0.25) is 10.0 Å². The van der Waals surface area contributed by atoms with Gasteiger partial charge >= 0.3 is 0 Å². The lowest BCUT2D eigenvalue weighted by molar-refractivity contribution is -0.201. The molecular formula is C30H28Cl2F2N4O4. The molecule has 0 radical (unpaired) electrons. The number of carbonyl (C=O) groups is 3. The lowest BCUT2D eigenvalue weighted by atomic mass is 9.70. The first-order chi connectivity index (χ1) is 20.0. The topological polar surface area (TPSA) is 123 Å². The number of nitriles is 1. The van der Waals surface area contributed by atoms with Crippen molar-refractivity contribution in [3.63, 3.8) is 0 Å². The Morgan fingerprint density at radius 3 is 2.33 bits per heavy atom. The van der Waals surface area contributed by atoms with Gasteiger partial charge < -0.3 is 20.6 Å².